The largest absolute Gasteiger partial charge is 0.354 e. The lowest BCUT2D eigenvalue weighted by molar-refractivity contribution is 0.0957. The van der Waals surface area contributed by atoms with Crippen LogP contribution in [0.2, 0.25) is 0 Å². The molecule has 0 saturated carbocycles. The van der Waals surface area contributed by atoms with E-state index in [1.165, 1.54) is 11.7 Å². The normalized spacial score (nSPS) is 9.83. The number of carbonyl (C=O) groups is 1. The third-order valence-electron chi connectivity index (χ3n) is 2.21. The lowest BCUT2D eigenvalue weighted by Crippen LogP contribution is -2.18. The van der Waals surface area contributed by atoms with Crippen molar-refractivity contribution in [2.45, 2.75) is 6.92 Å². The Morgan fingerprint density at radius 1 is 1.50 bits per heavy atom. The van der Waals surface area contributed by atoms with E-state index < -0.39 is 0 Å². The van der Waals surface area contributed by atoms with Gasteiger partial charge in [0.25, 0.3) is 11.9 Å². The van der Waals surface area contributed by atoms with E-state index >= 15 is 0 Å². The maximum absolute atomic E-state index is 11.4. The first-order valence-corrected chi connectivity index (χ1v) is 5.18. The summed E-state index contributed by atoms with van der Waals surface area (Å²) in [6.07, 6.45) is 1.57. The van der Waals surface area contributed by atoms with Crippen LogP contribution in [0.3, 0.4) is 0 Å². The van der Waals surface area contributed by atoms with E-state index in [2.05, 4.69) is 20.4 Å². The Hall–Kier alpha value is -2.75. The Bertz CT molecular complexity index is 639. The number of nitrogens with one attached hydrogen (secondary N) is 1. The maximum atomic E-state index is 11.4. The highest BCUT2D eigenvalue weighted by Gasteiger charge is 2.10. The van der Waals surface area contributed by atoms with Crippen LogP contribution in [0.25, 0.3) is 5.95 Å². The van der Waals surface area contributed by atoms with E-state index in [-0.39, 0.29) is 23.2 Å². The number of rotatable bonds is 2. The molecule has 90 valence electrons. The molecule has 0 radical (unpaired) electrons. The van der Waals surface area contributed by atoms with Crippen molar-refractivity contribution >= 4 is 5.91 Å². The van der Waals surface area contributed by atoms with E-state index in [1.807, 2.05) is 6.07 Å². The van der Waals surface area contributed by atoms with Crippen molar-refractivity contribution < 1.29 is 4.79 Å². The Morgan fingerprint density at radius 2 is 2.28 bits per heavy atom. The van der Waals surface area contributed by atoms with Crippen LogP contribution in [0.15, 0.2) is 18.3 Å². The van der Waals surface area contributed by atoms with Crippen molar-refractivity contribution in [3.63, 3.8) is 0 Å². The van der Waals surface area contributed by atoms with Gasteiger partial charge in [0, 0.05) is 18.9 Å². The van der Waals surface area contributed by atoms with Gasteiger partial charge in [-0.2, -0.15) is 10.4 Å². The summed E-state index contributed by atoms with van der Waals surface area (Å²) >= 11 is 0. The average Bonchev–Trinajstić information content (AvgIpc) is 2.86. The highest BCUT2D eigenvalue weighted by atomic mass is 16.1. The minimum absolute atomic E-state index is 0.259. The van der Waals surface area contributed by atoms with Crippen molar-refractivity contribution in [2.24, 2.45) is 0 Å². The number of amides is 1. The second kappa shape index (κ2) is 4.63. The van der Waals surface area contributed by atoms with Crippen LogP contribution >= 0.6 is 0 Å². The molecule has 0 aliphatic heterocycles. The average molecular weight is 242 g/mol. The van der Waals surface area contributed by atoms with Crippen molar-refractivity contribution in [1.82, 2.24) is 25.1 Å². The summed E-state index contributed by atoms with van der Waals surface area (Å²) < 4.78 is 1.36. The molecule has 0 bridgehead atoms. The van der Waals surface area contributed by atoms with Gasteiger partial charge in [0.05, 0.1) is 0 Å². The maximum Gasteiger partial charge on any atom is 0.271 e. The highest BCUT2D eigenvalue weighted by molar-refractivity contribution is 5.91. The Balaban J connectivity index is 2.43. The van der Waals surface area contributed by atoms with E-state index in [4.69, 9.17) is 5.26 Å². The van der Waals surface area contributed by atoms with Crippen molar-refractivity contribution in [2.75, 3.05) is 7.05 Å². The van der Waals surface area contributed by atoms with Gasteiger partial charge in [-0.1, -0.05) is 0 Å². The van der Waals surface area contributed by atoms with Crippen molar-refractivity contribution in [1.29, 1.82) is 5.26 Å². The summed E-state index contributed by atoms with van der Waals surface area (Å²) in [6, 6.07) is 5.08. The molecule has 0 aliphatic rings. The third kappa shape index (κ3) is 2.17. The zero-order valence-corrected chi connectivity index (χ0v) is 9.88. The molecule has 1 amide bonds. The van der Waals surface area contributed by atoms with Gasteiger partial charge in [-0.15, -0.1) is 0 Å². The number of hydrogen-bond acceptors (Lipinski definition) is 5. The zero-order chi connectivity index (χ0) is 13.1. The fourth-order valence-corrected chi connectivity index (χ4v) is 1.40. The molecule has 2 aromatic rings. The number of aryl methyl sites for hydroxylation is 1. The van der Waals surface area contributed by atoms with Gasteiger partial charge in [-0.3, -0.25) is 4.79 Å². The molecule has 0 spiro atoms. The fourth-order valence-electron chi connectivity index (χ4n) is 1.40. The molecule has 2 heterocycles. The number of aromatic nitrogens is 4. The fraction of sp³-hybridized carbons (Fsp3) is 0.182. The summed E-state index contributed by atoms with van der Waals surface area (Å²) in [5.41, 5.74) is 1.18. The summed E-state index contributed by atoms with van der Waals surface area (Å²) in [7, 11) is 1.53. The molecule has 2 aromatic heterocycles. The van der Waals surface area contributed by atoms with Crippen molar-refractivity contribution in [3.05, 3.63) is 35.4 Å². The molecule has 0 unspecified atom stereocenters. The van der Waals surface area contributed by atoms with E-state index in [0.717, 1.165) is 0 Å². The van der Waals surface area contributed by atoms with Crippen LogP contribution in [0.1, 0.15) is 21.9 Å². The Morgan fingerprint density at radius 3 is 2.94 bits per heavy atom. The van der Waals surface area contributed by atoms with Gasteiger partial charge < -0.3 is 5.32 Å². The highest BCUT2D eigenvalue weighted by Crippen LogP contribution is 2.05. The van der Waals surface area contributed by atoms with Gasteiger partial charge in [0.15, 0.2) is 5.69 Å². The molecular formula is C11H10N6O. The van der Waals surface area contributed by atoms with Gasteiger partial charge in [-0.25, -0.2) is 14.6 Å². The number of nitriles is 1. The molecule has 0 aliphatic carbocycles. The van der Waals surface area contributed by atoms with E-state index in [0.29, 0.717) is 5.69 Å². The standard InChI is InChI=1S/C11H10N6O/c1-7-5-8(6-12)15-11(14-7)17-4-3-9(16-17)10(18)13-2/h3-5H,1-2H3,(H,13,18). The summed E-state index contributed by atoms with van der Waals surface area (Å²) in [6.45, 7) is 1.76. The molecule has 7 nitrogen and oxygen atoms in total. The number of carbonyl (C=O) groups excluding carboxylic acids is 1. The van der Waals surface area contributed by atoms with E-state index in [1.54, 1.807) is 25.3 Å². The lowest BCUT2D eigenvalue weighted by atomic mass is 10.3. The monoisotopic (exact) mass is 242 g/mol. The molecule has 7 heteroatoms. The minimum Gasteiger partial charge on any atom is -0.354 e. The Labute approximate surface area is 103 Å². The minimum atomic E-state index is -0.290. The molecular weight excluding hydrogens is 232 g/mol. The molecule has 18 heavy (non-hydrogen) atoms. The SMILES string of the molecule is CNC(=O)c1ccn(-c2nc(C)cc(C#N)n2)n1. The first kappa shape index (κ1) is 11.7. The van der Waals surface area contributed by atoms with E-state index in [9.17, 15) is 4.79 Å². The molecule has 0 fully saturated rings. The van der Waals surface area contributed by atoms with Gasteiger partial charge in [0.1, 0.15) is 11.8 Å². The molecule has 1 N–H and O–H groups in total. The zero-order valence-electron chi connectivity index (χ0n) is 9.88. The first-order chi connectivity index (χ1) is 8.63. The van der Waals surface area contributed by atoms with Crippen LogP contribution in [0.4, 0.5) is 0 Å². The predicted molar refractivity (Wildman–Crippen MR) is 62.0 cm³/mol. The Kier molecular flexibility index (Phi) is 3.02. The summed E-state index contributed by atoms with van der Waals surface area (Å²) in [4.78, 5) is 19.5. The third-order valence-corrected chi connectivity index (χ3v) is 2.21. The molecule has 0 atom stereocenters. The van der Waals surface area contributed by atoms with Crippen LogP contribution < -0.4 is 5.32 Å². The van der Waals surface area contributed by atoms with Crippen LogP contribution in [-0.2, 0) is 0 Å². The van der Waals surface area contributed by atoms with Crippen molar-refractivity contribution in [3.8, 4) is 12.0 Å². The quantitative estimate of drug-likeness (QED) is 0.811. The van der Waals surface area contributed by atoms with Crippen LogP contribution in [0, 0.1) is 18.3 Å². The second-order valence-corrected chi connectivity index (χ2v) is 3.53. The topological polar surface area (TPSA) is 96.5 Å². The predicted octanol–water partition coefficient (Wildman–Crippen LogP) is 0.202. The summed E-state index contributed by atoms with van der Waals surface area (Å²) in [5.74, 6) is -0.0244. The number of nitrogens with zero attached hydrogens (tertiary/aromatic N) is 5. The number of hydrogen-bond donors (Lipinski definition) is 1. The summed E-state index contributed by atoms with van der Waals surface area (Å²) in [5, 5.41) is 15.3. The second-order valence-electron chi connectivity index (χ2n) is 3.53. The van der Waals surface area contributed by atoms with Gasteiger partial charge in [0.2, 0.25) is 0 Å². The van der Waals surface area contributed by atoms with Crippen LogP contribution in [-0.4, -0.2) is 32.7 Å². The van der Waals surface area contributed by atoms with Gasteiger partial charge in [-0.05, 0) is 19.1 Å². The first-order valence-electron chi connectivity index (χ1n) is 5.18. The smallest absolute Gasteiger partial charge is 0.271 e. The molecule has 0 saturated heterocycles. The molecule has 0 aromatic carbocycles. The molecule has 2 rings (SSSR count). The lowest BCUT2D eigenvalue weighted by Gasteiger charge is -2.01. The van der Waals surface area contributed by atoms with Gasteiger partial charge >= 0.3 is 0 Å². The van der Waals surface area contributed by atoms with Crippen LogP contribution in [0.5, 0.6) is 0 Å².